The van der Waals surface area contributed by atoms with Gasteiger partial charge in [-0.1, -0.05) is 11.8 Å². The first-order chi connectivity index (χ1) is 9.93. The first kappa shape index (κ1) is 16.0. The van der Waals surface area contributed by atoms with Crippen LogP contribution in [0.1, 0.15) is 36.0 Å². The van der Waals surface area contributed by atoms with E-state index in [9.17, 15) is 4.79 Å². The number of aliphatic hydroxyl groups is 1. The molecular weight excluding hydrogens is 284 g/mol. The summed E-state index contributed by atoms with van der Waals surface area (Å²) in [6.45, 7) is 9.72. The van der Waals surface area contributed by atoms with Crippen LogP contribution in [-0.2, 0) is 0 Å². The van der Waals surface area contributed by atoms with Crippen LogP contribution in [0, 0.1) is 11.8 Å². The molecule has 1 aliphatic heterocycles. The smallest absolute Gasteiger partial charge is 0.265 e. The lowest BCUT2D eigenvalue weighted by Gasteiger charge is -2.42. The third-order valence-electron chi connectivity index (χ3n) is 3.68. The van der Waals surface area contributed by atoms with E-state index in [1.54, 1.807) is 0 Å². The van der Waals surface area contributed by atoms with Crippen LogP contribution in [0.25, 0.3) is 0 Å². The Morgan fingerprint density at radius 2 is 2.00 bits per heavy atom. The normalized spacial score (nSPS) is 16.5. The lowest BCUT2D eigenvalue weighted by atomic mass is 10.0. The Morgan fingerprint density at radius 3 is 2.57 bits per heavy atom. The number of amides is 1. The van der Waals surface area contributed by atoms with Crippen LogP contribution in [0.3, 0.4) is 0 Å². The number of aliphatic hydroxyl groups excluding tert-OH is 1. The van der Waals surface area contributed by atoms with Crippen molar-refractivity contribution in [3.8, 4) is 11.8 Å². The van der Waals surface area contributed by atoms with Gasteiger partial charge in [-0.3, -0.25) is 9.69 Å². The van der Waals surface area contributed by atoms with Gasteiger partial charge in [0, 0.05) is 37.3 Å². The Bertz CT molecular complexity index is 555. The molecule has 1 aliphatic rings. The van der Waals surface area contributed by atoms with Gasteiger partial charge < -0.3 is 10.0 Å². The zero-order valence-corrected chi connectivity index (χ0v) is 13.7. The van der Waals surface area contributed by atoms with Gasteiger partial charge in [-0.05, 0) is 32.2 Å². The molecule has 1 fully saturated rings. The van der Waals surface area contributed by atoms with E-state index in [0.29, 0.717) is 4.88 Å². The maximum atomic E-state index is 12.6. The van der Waals surface area contributed by atoms with Crippen LogP contribution >= 0.6 is 11.3 Å². The van der Waals surface area contributed by atoms with E-state index in [0.717, 1.165) is 31.7 Å². The van der Waals surface area contributed by atoms with E-state index < -0.39 is 0 Å². The van der Waals surface area contributed by atoms with Crippen molar-refractivity contribution in [3.05, 3.63) is 21.9 Å². The Labute approximate surface area is 130 Å². The Kier molecular flexibility index (Phi) is 5.04. The minimum Gasteiger partial charge on any atom is -0.384 e. The van der Waals surface area contributed by atoms with Crippen LogP contribution in [0.4, 0.5) is 0 Å². The zero-order chi connectivity index (χ0) is 15.5. The topological polar surface area (TPSA) is 43.8 Å². The molecule has 0 atom stereocenters. The molecule has 0 aliphatic carbocycles. The summed E-state index contributed by atoms with van der Waals surface area (Å²) in [6.07, 6.45) is 0. The van der Waals surface area contributed by atoms with E-state index in [4.69, 9.17) is 5.11 Å². The third kappa shape index (κ3) is 3.85. The molecule has 1 amide bonds. The SMILES string of the molecule is CC(C)(C)N1CCN(C(=O)c2sccc2C#CCO)CC1. The molecule has 1 aromatic rings. The van der Waals surface area contributed by atoms with Crippen molar-refractivity contribution >= 4 is 17.2 Å². The van der Waals surface area contributed by atoms with Crippen LogP contribution in [0.15, 0.2) is 11.4 Å². The average molecular weight is 306 g/mol. The quantitative estimate of drug-likeness (QED) is 0.802. The number of carbonyl (C=O) groups is 1. The predicted octanol–water partition coefficient (Wildman–Crippen LogP) is 1.65. The fourth-order valence-corrected chi connectivity index (χ4v) is 3.25. The fraction of sp³-hybridized carbons (Fsp3) is 0.562. The molecule has 0 saturated carbocycles. The Hall–Kier alpha value is -1.35. The van der Waals surface area contributed by atoms with Crippen LogP contribution in [0.5, 0.6) is 0 Å². The van der Waals surface area contributed by atoms with Gasteiger partial charge in [-0.2, -0.15) is 0 Å². The highest BCUT2D eigenvalue weighted by atomic mass is 32.1. The minimum absolute atomic E-state index is 0.0563. The maximum Gasteiger partial charge on any atom is 0.265 e. The van der Waals surface area contributed by atoms with Crippen molar-refractivity contribution in [2.75, 3.05) is 32.8 Å². The number of thiophene rings is 1. The van der Waals surface area contributed by atoms with Gasteiger partial charge in [-0.15, -0.1) is 11.3 Å². The van der Waals surface area contributed by atoms with Gasteiger partial charge in [0.05, 0.1) is 0 Å². The molecule has 0 spiro atoms. The molecule has 1 saturated heterocycles. The summed E-state index contributed by atoms with van der Waals surface area (Å²) >= 11 is 1.42. The van der Waals surface area contributed by atoms with Crippen LogP contribution in [-0.4, -0.2) is 59.1 Å². The summed E-state index contributed by atoms with van der Waals surface area (Å²) in [7, 11) is 0. The van der Waals surface area contributed by atoms with E-state index >= 15 is 0 Å². The summed E-state index contributed by atoms with van der Waals surface area (Å²) in [5.74, 6) is 5.51. The minimum atomic E-state index is -0.187. The molecule has 114 valence electrons. The molecule has 2 rings (SSSR count). The van der Waals surface area contributed by atoms with Crippen LogP contribution < -0.4 is 0 Å². The second-order valence-corrected chi connectivity index (χ2v) is 6.99. The zero-order valence-electron chi connectivity index (χ0n) is 12.8. The van der Waals surface area contributed by atoms with E-state index in [-0.39, 0.29) is 18.1 Å². The van der Waals surface area contributed by atoms with Crippen molar-refractivity contribution in [2.45, 2.75) is 26.3 Å². The number of hydrogen-bond acceptors (Lipinski definition) is 4. The summed E-state index contributed by atoms with van der Waals surface area (Å²) in [6, 6.07) is 1.84. The van der Waals surface area contributed by atoms with Crippen LogP contribution in [0.2, 0.25) is 0 Å². The van der Waals surface area contributed by atoms with Crippen molar-refractivity contribution < 1.29 is 9.90 Å². The van der Waals surface area contributed by atoms with Gasteiger partial charge >= 0.3 is 0 Å². The molecule has 4 nitrogen and oxygen atoms in total. The number of carbonyl (C=O) groups excluding carboxylic acids is 1. The largest absolute Gasteiger partial charge is 0.384 e. The lowest BCUT2D eigenvalue weighted by Crippen LogP contribution is -2.54. The molecule has 2 heterocycles. The maximum absolute atomic E-state index is 12.6. The molecule has 0 radical (unpaired) electrons. The molecule has 0 bridgehead atoms. The monoisotopic (exact) mass is 306 g/mol. The van der Waals surface area contributed by atoms with Gasteiger partial charge in [-0.25, -0.2) is 0 Å². The molecule has 1 aromatic heterocycles. The highest BCUT2D eigenvalue weighted by Crippen LogP contribution is 2.21. The summed E-state index contributed by atoms with van der Waals surface area (Å²) in [5, 5.41) is 10.7. The summed E-state index contributed by atoms with van der Waals surface area (Å²) < 4.78 is 0. The van der Waals surface area contributed by atoms with E-state index in [1.165, 1.54) is 11.3 Å². The second-order valence-electron chi connectivity index (χ2n) is 6.07. The van der Waals surface area contributed by atoms with E-state index in [1.807, 2.05) is 16.3 Å². The molecule has 21 heavy (non-hydrogen) atoms. The lowest BCUT2D eigenvalue weighted by molar-refractivity contribution is 0.0454. The first-order valence-electron chi connectivity index (χ1n) is 7.15. The molecule has 1 N–H and O–H groups in total. The van der Waals surface area contributed by atoms with Crippen molar-refractivity contribution in [1.82, 2.24) is 9.80 Å². The highest BCUT2D eigenvalue weighted by molar-refractivity contribution is 7.12. The molecule has 5 heteroatoms. The van der Waals surface area contributed by atoms with Gasteiger partial charge in [0.25, 0.3) is 5.91 Å². The highest BCUT2D eigenvalue weighted by Gasteiger charge is 2.29. The third-order valence-corrected chi connectivity index (χ3v) is 4.58. The second kappa shape index (κ2) is 6.61. The fourth-order valence-electron chi connectivity index (χ4n) is 2.43. The first-order valence-corrected chi connectivity index (χ1v) is 8.03. The van der Waals surface area contributed by atoms with Crippen molar-refractivity contribution in [3.63, 3.8) is 0 Å². The number of nitrogens with zero attached hydrogens (tertiary/aromatic N) is 2. The van der Waals surface area contributed by atoms with Crippen molar-refractivity contribution in [1.29, 1.82) is 0 Å². The molecular formula is C16H22N2O2S. The predicted molar refractivity (Wildman–Crippen MR) is 85.5 cm³/mol. The standard InChI is InChI=1S/C16H22N2O2S/c1-16(2,3)18-9-7-17(8-10-18)15(20)14-13(5-4-11-19)6-12-21-14/h6,12,19H,7-11H2,1-3H3. The number of rotatable bonds is 1. The summed E-state index contributed by atoms with van der Waals surface area (Å²) in [5.41, 5.74) is 0.868. The summed E-state index contributed by atoms with van der Waals surface area (Å²) in [4.78, 5) is 17.6. The average Bonchev–Trinajstić information content (AvgIpc) is 2.92. The van der Waals surface area contributed by atoms with Gasteiger partial charge in [0.15, 0.2) is 0 Å². The number of hydrogen-bond donors (Lipinski definition) is 1. The number of piperazine rings is 1. The Balaban J connectivity index is 2.04. The molecule has 0 aromatic carbocycles. The van der Waals surface area contributed by atoms with Gasteiger partial charge in [0.1, 0.15) is 11.5 Å². The van der Waals surface area contributed by atoms with Gasteiger partial charge in [0.2, 0.25) is 0 Å². The van der Waals surface area contributed by atoms with Crippen molar-refractivity contribution in [2.24, 2.45) is 0 Å². The molecule has 0 unspecified atom stereocenters. The van der Waals surface area contributed by atoms with E-state index in [2.05, 4.69) is 37.5 Å². The Morgan fingerprint density at radius 1 is 1.33 bits per heavy atom.